The standard InChI is InChI=1S/C20H20P.BF4/c1-2-21(18-12-6-3-7-13-18,19-14-8-4-9-15-19)20-16-10-5-11-17-20;2-1(3,4)5/h3-17H,2H2,1H3;/q+1;-1. The third kappa shape index (κ3) is 5.19. The molecule has 3 aromatic rings. The van der Waals surface area contributed by atoms with Crippen LogP contribution in [0.1, 0.15) is 6.92 Å². The molecule has 0 radical (unpaired) electrons. The van der Waals surface area contributed by atoms with Gasteiger partial charge >= 0.3 is 7.25 Å². The maximum absolute atomic E-state index is 9.75. The monoisotopic (exact) mass is 378 g/mol. The molecule has 0 fully saturated rings. The average Bonchev–Trinajstić information content (AvgIpc) is 2.64. The first-order valence-corrected chi connectivity index (χ1v) is 10.3. The minimum absolute atomic E-state index is 1.14. The highest BCUT2D eigenvalue weighted by Gasteiger charge is 2.43. The van der Waals surface area contributed by atoms with E-state index < -0.39 is 14.5 Å². The van der Waals surface area contributed by atoms with Crippen molar-refractivity contribution in [2.45, 2.75) is 6.92 Å². The minimum atomic E-state index is -6.00. The van der Waals surface area contributed by atoms with Crippen molar-refractivity contribution < 1.29 is 17.3 Å². The molecule has 0 unspecified atom stereocenters. The Kier molecular flexibility index (Phi) is 6.99. The third-order valence-corrected chi connectivity index (χ3v) is 8.55. The van der Waals surface area contributed by atoms with Gasteiger partial charge < -0.3 is 17.3 Å². The van der Waals surface area contributed by atoms with Crippen molar-refractivity contribution in [3.63, 3.8) is 0 Å². The van der Waals surface area contributed by atoms with E-state index in [2.05, 4.69) is 97.9 Å². The molecule has 0 N–H and O–H groups in total. The Balaban J connectivity index is 0.000000431. The van der Waals surface area contributed by atoms with Gasteiger partial charge in [0.2, 0.25) is 0 Å². The normalized spacial score (nSPS) is 11.4. The SMILES string of the molecule is CC[P+](c1ccccc1)(c1ccccc1)c1ccccc1.F[B-](F)(F)F. The molecule has 0 aromatic heterocycles. The summed E-state index contributed by atoms with van der Waals surface area (Å²) in [6.45, 7) is 2.32. The molecule has 0 aliphatic rings. The fourth-order valence-corrected chi connectivity index (χ4v) is 7.08. The maximum atomic E-state index is 9.75. The first-order valence-electron chi connectivity index (χ1n) is 8.30. The van der Waals surface area contributed by atoms with Crippen molar-refractivity contribution >= 4 is 30.4 Å². The summed E-state index contributed by atoms with van der Waals surface area (Å²) in [6.07, 6.45) is 1.14. The number of hydrogen-bond acceptors (Lipinski definition) is 0. The lowest BCUT2D eigenvalue weighted by Gasteiger charge is -2.26. The Morgan fingerprint density at radius 3 is 1.00 bits per heavy atom. The Morgan fingerprint density at radius 1 is 0.577 bits per heavy atom. The van der Waals surface area contributed by atoms with E-state index in [0.29, 0.717) is 0 Å². The fraction of sp³-hybridized carbons (Fsp3) is 0.100. The molecule has 0 saturated carbocycles. The van der Waals surface area contributed by atoms with Gasteiger partial charge in [-0.2, -0.15) is 0 Å². The van der Waals surface area contributed by atoms with Gasteiger partial charge in [-0.05, 0) is 43.3 Å². The second kappa shape index (κ2) is 9.00. The Morgan fingerprint density at radius 2 is 0.808 bits per heavy atom. The lowest BCUT2D eigenvalue weighted by molar-refractivity contribution is 0.368. The van der Waals surface area contributed by atoms with Crippen LogP contribution in [0.4, 0.5) is 17.3 Å². The van der Waals surface area contributed by atoms with Crippen LogP contribution in [0.5, 0.6) is 0 Å². The summed E-state index contributed by atoms with van der Waals surface area (Å²) >= 11 is 0. The molecule has 0 amide bonds. The Hall–Kier alpha value is -2.13. The summed E-state index contributed by atoms with van der Waals surface area (Å²) in [4.78, 5) is 0. The highest BCUT2D eigenvalue weighted by molar-refractivity contribution is 7.95. The predicted octanol–water partition coefficient (Wildman–Crippen LogP) is 5.30. The van der Waals surface area contributed by atoms with Crippen LogP contribution in [0, 0.1) is 0 Å². The molecule has 3 rings (SSSR count). The van der Waals surface area contributed by atoms with Crippen LogP contribution in [0.2, 0.25) is 0 Å². The van der Waals surface area contributed by atoms with Gasteiger partial charge in [-0.3, -0.25) is 0 Å². The lowest BCUT2D eigenvalue weighted by atomic mass is 10.3. The quantitative estimate of drug-likeness (QED) is 0.328. The second-order valence-electron chi connectivity index (χ2n) is 5.63. The Bertz CT molecular complexity index is 675. The highest BCUT2D eigenvalue weighted by atomic mass is 31.2. The van der Waals surface area contributed by atoms with Crippen LogP contribution in [0.3, 0.4) is 0 Å². The summed E-state index contributed by atoms with van der Waals surface area (Å²) in [7, 11) is -7.53. The molecule has 0 atom stereocenters. The third-order valence-electron chi connectivity index (χ3n) is 4.07. The van der Waals surface area contributed by atoms with Crippen LogP contribution >= 0.6 is 7.26 Å². The first-order chi connectivity index (χ1) is 12.4. The van der Waals surface area contributed by atoms with E-state index in [9.17, 15) is 17.3 Å². The molecule has 0 saturated heterocycles. The van der Waals surface area contributed by atoms with Gasteiger partial charge in [0.15, 0.2) is 0 Å². The average molecular weight is 378 g/mol. The zero-order valence-corrected chi connectivity index (χ0v) is 15.3. The van der Waals surface area contributed by atoms with E-state index in [4.69, 9.17) is 0 Å². The van der Waals surface area contributed by atoms with Crippen LogP contribution in [-0.4, -0.2) is 13.4 Å². The van der Waals surface area contributed by atoms with Gasteiger partial charge in [-0.25, -0.2) is 0 Å². The lowest BCUT2D eigenvalue weighted by Crippen LogP contribution is -2.32. The van der Waals surface area contributed by atoms with E-state index >= 15 is 0 Å². The van der Waals surface area contributed by atoms with Crippen molar-refractivity contribution in [2.24, 2.45) is 0 Å². The highest BCUT2D eigenvalue weighted by Crippen LogP contribution is 2.54. The van der Waals surface area contributed by atoms with Crippen molar-refractivity contribution in [1.82, 2.24) is 0 Å². The molecule has 0 spiro atoms. The molecule has 0 heterocycles. The number of benzene rings is 3. The van der Waals surface area contributed by atoms with E-state index in [1.807, 2.05) is 0 Å². The minimum Gasteiger partial charge on any atom is -0.418 e. The Labute approximate surface area is 152 Å². The summed E-state index contributed by atoms with van der Waals surface area (Å²) < 4.78 is 39.0. The molecular weight excluding hydrogens is 358 g/mol. The van der Waals surface area contributed by atoms with Gasteiger partial charge in [-0.1, -0.05) is 54.6 Å². The van der Waals surface area contributed by atoms with Crippen LogP contribution in [0.25, 0.3) is 0 Å². The van der Waals surface area contributed by atoms with Crippen LogP contribution < -0.4 is 15.9 Å². The van der Waals surface area contributed by atoms with Gasteiger partial charge in [0, 0.05) is 0 Å². The topological polar surface area (TPSA) is 0 Å². The van der Waals surface area contributed by atoms with Crippen molar-refractivity contribution in [3.05, 3.63) is 91.0 Å². The molecule has 3 aromatic carbocycles. The largest absolute Gasteiger partial charge is 0.673 e. The van der Waals surface area contributed by atoms with Gasteiger partial charge in [-0.15, -0.1) is 0 Å². The van der Waals surface area contributed by atoms with E-state index in [-0.39, 0.29) is 0 Å². The van der Waals surface area contributed by atoms with Crippen molar-refractivity contribution in [2.75, 3.05) is 6.16 Å². The molecular formula is C20H20BF4P. The number of hydrogen-bond donors (Lipinski definition) is 0. The smallest absolute Gasteiger partial charge is 0.418 e. The second-order valence-corrected chi connectivity index (χ2v) is 9.43. The van der Waals surface area contributed by atoms with Gasteiger partial charge in [0.1, 0.15) is 23.2 Å². The number of halogens is 4. The van der Waals surface area contributed by atoms with E-state index in [0.717, 1.165) is 6.16 Å². The fourth-order valence-electron chi connectivity index (χ4n) is 3.04. The summed E-state index contributed by atoms with van der Waals surface area (Å²) in [5.41, 5.74) is 0. The molecule has 136 valence electrons. The molecule has 6 heteroatoms. The van der Waals surface area contributed by atoms with Crippen molar-refractivity contribution in [3.8, 4) is 0 Å². The van der Waals surface area contributed by atoms with Gasteiger partial charge in [0.25, 0.3) is 0 Å². The summed E-state index contributed by atoms with van der Waals surface area (Å²) in [6, 6.07) is 33.0. The summed E-state index contributed by atoms with van der Waals surface area (Å²) in [5.74, 6) is 0. The molecule has 0 bridgehead atoms. The molecule has 0 nitrogen and oxygen atoms in total. The number of rotatable bonds is 4. The molecule has 26 heavy (non-hydrogen) atoms. The van der Waals surface area contributed by atoms with Gasteiger partial charge in [0.05, 0.1) is 6.16 Å². The zero-order valence-electron chi connectivity index (χ0n) is 14.4. The zero-order chi connectivity index (χ0) is 19.0. The molecule has 0 aliphatic carbocycles. The van der Waals surface area contributed by atoms with E-state index in [1.165, 1.54) is 15.9 Å². The van der Waals surface area contributed by atoms with Crippen LogP contribution in [-0.2, 0) is 0 Å². The first kappa shape index (κ1) is 20.2. The van der Waals surface area contributed by atoms with Crippen LogP contribution in [0.15, 0.2) is 91.0 Å². The predicted molar refractivity (Wildman–Crippen MR) is 106 cm³/mol. The summed E-state index contributed by atoms with van der Waals surface area (Å²) in [5, 5.41) is 4.39. The van der Waals surface area contributed by atoms with E-state index in [1.54, 1.807) is 0 Å². The van der Waals surface area contributed by atoms with Crippen molar-refractivity contribution in [1.29, 1.82) is 0 Å². The maximum Gasteiger partial charge on any atom is 0.673 e. The molecule has 0 aliphatic heterocycles.